The van der Waals surface area contributed by atoms with Crippen molar-refractivity contribution < 1.29 is 19.1 Å². The quantitative estimate of drug-likeness (QED) is 0.743. The van der Waals surface area contributed by atoms with Gasteiger partial charge < -0.3 is 14.5 Å². The summed E-state index contributed by atoms with van der Waals surface area (Å²) in [5.41, 5.74) is 2.34. The molecular weight excluding hydrogens is 308 g/mol. The van der Waals surface area contributed by atoms with Gasteiger partial charge in [-0.25, -0.2) is 14.6 Å². The van der Waals surface area contributed by atoms with Crippen LogP contribution in [-0.2, 0) is 9.47 Å². The molecule has 2 heterocycles. The first-order chi connectivity index (χ1) is 11.6. The van der Waals surface area contributed by atoms with Gasteiger partial charge in [-0.15, -0.1) is 0 Å². The molecule has 0 aliphatic heterocycles. The van der Waals surface area contributed by atoms with Gasteiger partial charge in [0.25, 0.3) is 0 Å². The van der Waals surface area contributed by atoms with E-state index in [0.717, 1.165) is 10.9 Å². The molecule has 1 aromatic carbocycles. The van der Waals surface area contributed by atoms with Crippen LogP contribution in [0.2, 0.25) is 0 Å². The van der Waals surface area contributed by atoms with Crippen LogP contribution in [-0.4, -0.2) is 35.1 Å². The SMILES string of the molecule is CCOC(=O)c1c(C)nc(C(=O)OCC)c2c1[nH]c1ccccc12. The van der Waals surface area contributed by atoms with Gasteiger partial charge in [0.2, 0.25) is 0 Å². The number of hydrogen-bond donors (Lipinski definition) is 1. The van der Waals surface area contributed by atoms with E-state index in [-0.39, 0.29) is 18.9 Å². The fourth-order valence-corrected chi connectivity index (χ4v) is 2.84. The minimum absolute atomic E-state index is 0.204. The fourth-order valence-electron chi connectivity index (χ4n) is 2.84. The number of carbonyl (C=O) groups is 2. The molecule has 0 radical (unpaired) electrons. The van der Waals surface area contributed by atoms with E-state index in [1.54, 1.807) is 20.8 Å². The van der Waals surface area contributed by atoms with Crippen molar-refractivity contribution in [2.75, 3.05) is 13.2 Å². The molecule has 0 saturated carbocycles. The van der Waals surface area contributed by atoms with Crippen LogP contribution >= 0.6 is 0 Å². The average Bonchev–Trinajstić information content (AvgIpc) is 2.93. The second kappa shape index (κ2) is 6.31. The van der Waals surface area contributed by atoms with E-state index < -0.39 is 11.9 Å². The molecule has 0 fully saturated rings. The summed E-state index contributed by atoms with van der Waals surface area (Å²) in [5.74, 6) is -0.972. The zero-order valence-electron chi connectivity index (χ0n) is 13.8. The zero-order chi connectivity index (χ0) is 17.3. The summed E-state index contributed by atoms with van der Waals surface area (Å²) < 4.78 is 10.3. The molecule has 0 aliphatic carbocycles. The van der Waals surface area contributed by atoms with Crippen molar-refractivity contribution in [3.63, 3.8) is 0 Å². The number of ether oxygens (including phenoxy) is 2. The van der Waals surface area contributed by atoms with Crippen LogP contribution in [0.25, 0.3) is 21.8 Å². The standard InChI is InChI=1S/C18H18N2O4/c1-4-23-17(21)13-10(3)19-16(18(22)24-5-2)14-11-8-6-7-9-12(11)20-15(13)14/h6-9,20H,4-5H2,1-3H3. The fraction of sp³-hybridized carbons (Fsp3) is 0.278. The Morgan fingerprint density at radius 2 is 1.75 bits per heavy atom. The Bertz CT molecular complexity index is 943. The monoisotopic (exact) mass is 326 g/mol. The molecular formula is C18H18N2O4. The van der Waals surface area contributed by atoms with Crippen LogP contribution in [0.4, 0.5) is 0 Å². The first-order valence-corrected chi connectivity index (χ1v) is 7.83. The van der Waals surface area contributed by atoms with Gasteiger partial charge in [0.05, 0.1) is 24.4 Å². The molecule has 0 amide bonds. The average molecular weight is 326 g/mol. The number of nitrogens with zero attached hydrogens (tertiary/aromatic N) is 1. The second-order valence-electron chi connectivity index (χ2n) is 5.28. The highest BCUT2D eigenvalue weighted by molar-refractivity contribution is 6.20. The van der Waals surface area contributed by atoms with Gasteiger partial charge in [0.15, 0.2) is 5.69 Å². The number of aryl methyl sites for hydroxylation is 1. The van der Waals surface area contributed by atoms with Crippen molar-refractivity contribution in [1.29, 1.82) is 0 Å². The molecule has 3 aromatic rings. The predicted octanol–water partition coefficient (Wildman–Crippen LogP) is 3.38. The summed E-state index contributed by atoms with van der Waals surface area (Å²) in [4.78, 5) is 32.3. The highest BCUT2D eigenvalue weighted by Gasteiger charge is 2.25. The maximum absolute atomic E-state index is 12.4. The van der Waals surface area contributed by atoms with E-state index in [1.807, 2.05) is 24.3 Å². The molecule has 3 rings (SSSR count). The minimum Gasteiger partial charge on any atom is -0.462 e. The molecule has 0 saturated heterocycles. The maximum Gasteiger partial charge on any atom is 0.357 e. The molecule has 0 bridgehead atoms. The number of carbonyl (C=O) groups excluding carboxylic acids is 2. The van der Waals surface area contributed by atoms with Crippen LogP contribution < -0.4 is 0 Å². The Morgan fingerprint density at radius 1 is 1.08 bits per heavy atom. The second-order valence-corrected chi connectivity index (χ2v) is 5.28. The number of H-pyrrole nitrogens is 1. The molecule has 0 atom stereocenters. The van der Waals surface area contributed by atoms with Crippen LogP contribution in [0.15, 0.2) is 24.3 Å². The van der Waals surface area contributed by atoms with Crippen molar-refractivity contribution in [3.05, 3.63) is 41.2 Å². The number of aromatic nitrogens is 2. The van der Waals surface area contributed by atoms with E-state index in [1.165, 1.54) is 0 Å². The highest BCUT2D eigenvalue weighted by Crippen LogP contribution is 2.32. The van der Waals surface area contributed by atoms with Gasteiger partial charge >= 0.3 is 11.9 Å². The normalized spacial score (nSPS) is 11.0. The summed E-state index contributed by atoms with van der Waals surface area (Å²) in [5, 5.41) is 1.39. The van der Waals surface area contributed by atoms with Crippen LogP contribution in [0.3, 0.4) is 0 Å². The smallest absolute Gasteiger partial charge is 0.357 e. The number of nitrogens with one attached hydrogen (secondary N) is 1. The molecule has 6 nitrogen and oxygen atoms in total. The van der Waals surface area contributed by atoms with Crippen LogP contribution in [0, 0.1) is 6.92 Å². The Morgan fingerprint density at radius 3 is 2.46 bits per heavy atom. The summed E-state index contributed by atoms with van der Waals surface area (Å²) in [6.45, 7) is 5.68. The van der Waals surface area contributed by atoms with E-state index in [4.69, 9.17) is 9.47 Å². The first-order valence-electron chi connectivity index (χ1n) is 7.83. The lowest BCUT2D eigenvalue weighted by Gasteiger charge is -2.10. The molecule has 1 N–H and O–H groups in total. The lowest BCUT2D eigenvalue weighted by Crippen LogP contribution is -2.14. The Labute approximate surface area is 138 Å². The molecule has 6 heteroatoms. The number of para-hydroxylation sites is 1. The van der Waals surface area contributed by atoms with Gasteiger partial charge in [0.1, 0.15) is 5.56 Å². The zero-order valence-corrected chi connectivity index (χ0v) is 13.8. The minimum atomic E-state index is -0.509. The molecule has 0 unspecified atom stereocenters. The third-order valence-corrected chi connectivity index (χ3v) is 3.78. The lowest BCUT2D eigenvalue weighted by atomic mass is 10.1. The molecule has 2 aromatic heterocycles. The molecule has 124 valence electrons. The van der Waals surface area contributed by atoms with Gasteiger partial charge in [-0.3, -0.25) is 0 Å². The van der Waals surface area contributed by atoms with Gasteiger partial charge in [-0.05, 0) is 26.8 Å². The number of rotatable bonds is 4. The van der Waals surface area contributed by atoms with Crippen molar-refractivity contribution in [2.45, 2.75) is 20.8 Å². The predicted molar refractivity (Wildman–Crippen MR) is 90.2 cm³/mol. The topological polar surface area (TPSA) is 81.3 Å². The Kier molecular flexibility index (Phi) is 4.20. The van der Waals surface area contributed by atoms with Crippen LogP contribution in [0.5, 0.6) is 0 Å². The summed E-state index contributed by atoms with van der Waals surface area (Å²) in [6.07, 6.45) is 0. The van der Waals surface area contributed by atoms with E-state index in [9.17, 15) is 9.59 Å². The highest BCUT2D eigenvalue weighted by atomic mass is 16.5. The Hall–Kier alpha value is -2.89. The third-order valence-electron chi connectivity index (χ3n) is 3.78. The molecule has 0 aliphatic rings. The van der Waals surface area contributed by atoms with E-state index >= 15 is 0 Å². The summed E-state index contributed by atoms with van der Waals surface area (Å²) >= 11 is 0. The number of hydrogen-bond acceptors (Lipinski definition) is 5. The van der Waals surface area contributed by atoms with Crippen molar-refractivity contribution in [2.24, 2.45) is 0 Å². The van der Waals surface area contributed by atoms with Crippen molar-refractivity contribution in [1.82, 2.24) is 9.97 Å². The van der Waals surface area contributed by atoms with E-state index in [2.05, 4.69) is 9.97 Å². The Balaban J connectivity index is 2.40. The van der Waals surface area contributed by atoms with E-state index in [0.29, 0.717) is 22.2 Å². The number of aromatic amines is 1. The van der Waals surface area contributed by atoms with Gasteiger partial charge in [0, 0.05) is 16.3 Å². The number of pyridine rings is 1. The largest absolute Gasteiger partial charge is 0.462 e. The molecule has 0 spiro atoms. The third kappa shape index (κ3) is 2.50. The number of benzene rings is 1. The van der Waals surface area contributed by atoms with Crippen LogP contribution in [0.1, 0.15) is 40.4 Å². The number of esters is 2. The summed E-state index contributed by atoms with van der Waals surface area (Å²) in [6, 6.07) is 7.51. The maximum atomic E-state index is 12.4. The van der Waals surface area contributed by atoms with Crippen molar-refractivity contribution in [3.8, 4) is 0 Å². The van der Waals surface area contributed by atoms with Crippen molar-refractivity contribution >= 4 is 33.7 Å². The summed E-state index contributed by atoms with van der Waals surface area (Å²) in [7, 11) is 0. The van der Waals surface area contributed by atoms with Gasteiger partial charge in [-0.1, -0.05) is 18.2 Å². The molecule has 24 heavy (non-hydrogen) atoms. The first kappa shape index (κ1) is 16.0. The lowest BCUT2D eigenvalue weighted by molar-refractivity contribution is 0.0508. The number of fused-ring (bicyclic) bond motifs is 3. The van der Waals surface area contributed by atoms with Gasteiger partial charge in [-0.2, -0.15) is 0 Å².